The molecule has 2 heterocycles. The first-order chi connectivity index (χ1) is 21.0. The first kappa shape index (κ1) is 27.5. The zero-order valence-electron chi connectivity index (χ0n) is 23.0. The molecule has 1 atom stereocenters. The molecule has 2 aromatic heterocycles. The van der Waals surface area contributed by atoms with Crippen molar-refractivity contribution in [3.63, 3.8) is 0 Å². The van der Waals surface area contributed by atoms with E-state index in [1.807, 2.05) is 109 Å². The second-order valence-electron chi connectivity index (χ2n) is 9.83. The van der Waals surface area contributed by atoms with Gasteiger partial charge in [0.1, 0.15) is 17.6 Å². The summed E-state index contributed by atoms with van der Waals surface area (Å²) in [5.41, 5.74) is 11.9. The van der Waals surface area contributed by atoms with E-state index >= 15 is 0 Å². The van der Waals surface area contributed by atoms with E-state index in [2.05, 4.69) is 0 Å². The van der Waals surface area contributed by atoms with E-state index in [0.717, 1.165) is 33.4 Å². The molecule has 0 spiro atoms. The van der Waals surface area contributed by atoms with Gasteiger partial charge in [0.25, 0.3) is 11.9 Å². The average Bonchev–Trinajstić information content (AvgIpc) is 3.72. The quantitative estimate of drug-likeness (QED) is 0.177. The largest absolute Gasteiger partial charge is 0.425 e. The summed E-state index contributed by atoms with van der Waals surface area (Å²) < 4.78 is 21.9. The van der Waals surface area contributed by atoms with Crippen LogP contribution in [0.1, 0.15) is 6.42 Å². The van der Waals surface area contributed by atoms with E-state index in [0.29, 0.717) is 11.5 Å². The second-order valence-corrected chi connectivity index (χ2v) is 9.83. The van der Waals surface area contributed by atoms with Crippen LogP contribution in [-0.2, 0) is 9.59 Å². The minimum atomic E-state index is -1.26. The second kappa shape index (κ2) is 12.5. The Hall–Kier alpha value is -5.66. The van der Waals surface area contributed by atoms with Crippen LogP contribution in [0.4, 0.5) is 0 Å². The van der Waals surface area contributed by atoms with Gasteiger partial charge in [0.05, 0.1) is 6.42 Å². The molecule has 0 amide bonds. The highest BCUT2D eigenvalue weighted by Crippen LogP contribution is 2.30. The third-order valence-electron chi connectivity index (χ3n) is 6.82. The van der Waals surface area contributed by atoms with Gasteiger partial charge in [-0.3, -0.25) is 4.79 Å². The van der Waals surface area contributed by atoms with Crippen molar-refractivity contribution in [3.05, 3.63) is 133 Å². The van der Waals surface area contributed by atoms with Gasteiger partial charge >= 0.3 is 11.9 Å². The Morgan fingerprint density at radius 3 is 1.37 bits per heavy atom. The molecule has 0 bridgehead atoms. The first-order valence-electron chi connectivity index (χ1n) is 13.7. The van der Waals surface area contributed by atoms with Crippen molar-refractivity contribution in [1.82, 2.24) is 0 Å². The lowest BCUT2D eigenvalue weighted by molar-refractivity contribution is -0.143. The van der Waals surface area contributed by atoms with Crippen LogP contribution in [0.15, 0.2) is 142 Å². The van der Waals surface area contributed by atoms with Crippen molar-refractivity contribution in [2.75, 3.05) is 0 Å². The summed E-state index contributed by atoms with van der Waals surface area (Å²) in [5.74, 6) is -0.515. The summed E-state index contributed by atoms with van der Waals surface area (Å²) in [5, 5.41) is 0. The lowest BCUT2D eigenvalue weighted by Gasteiger charge is -2.08. The molecule has 0 saturated carbocycles. The third kappa shape index (κ3) is 6.64. The summed E-state index contributed by atoms with van der Waals surface area (Å²) >= 11 is 0. The lowest BCUT2D eigenvalue weighted by Crippen LogP contribution is -2.37. The van der Waals surface area contributed by atoms with Gasteiger partial charge in [-0.05, 0) is 34.4 Å². The summed E-state index contributed by atoms with van der Waals surface area (Å²) in [6, 6.07) is 40.9. The molecule has 0 aliphatic heterocycles. The molecule has 6 aromatic rings. The van der Waals surface area contributed by atoms with Gasteiger partial charge in [-0.15, -0.1) is 0 Å². The summed E-state index contributed by atoms with van der Waals surface area (Å²) in [4.78, 5) is 25.0. The van der Waals surface area contributed by atoms with Crippen molar-refractivity contribution in [1.29, 1.82) is 0 Å². The summed E-state index contributed by atoms with van der Waals surface area (Å²) in [6.07, 6.45) is -0.408. The van der Waals surface area contributed by atoms with Crippen LogP contribution < -0.4 is 15.2 Å². The Morgan fingerprint density at radius 1 is 0.512 bits per heavy atom. The monoisotopic (exact) mass is 569 g/mol. The number of benzene rings is 4. The van der Waals surface area contributed by atoms with Crippen molar-refractivity contribution in [2.45, 2.75) is 12.5 Å². The molecule has 7 heteroatoms. The molecule has 2 N–H and O–H groups in total. The van der Waals surface area contributed by atoms with Gasteiger partial charge in [0.2, 0.25) is 0 Å². The minimum Gasteiger partial charge on any atom is -0.425 e. The maximum atomic E-state index is 12.5. The fraction of sp³-hybridized carbons (Fsp3) is 0.0556. The maximum absolute atomic E-state index is 12.5. The first-order valence-corrected chi connectivity index (χ1v) is 13.7. The van der Waals surface area contributed by atoms with E-state index < -0.39 is 24.4 Å². The fourth-order valence-electron chi connectivity index (χ4n) is 4.57. The van der Waals surface area contributed by atoms with Crippen LogP contribution in [0, 0.1) is 0 Å². The van der Waals surface area contributed by atoms with Gasteiger partial charge in [0, 0.05) is 23.3 Å². The van der Waals surface area contributed by atoms with E-state index in [-0.39, 0.29) is 11.9 Å². The number of furan rings is 2. The predicted octanol–water partition coefficient (Wildman–Crippen LogP) is 7.77. The van der Waals surface area contributed by atoms with Crippen molar-refractivity contribution < 1.29 is 27.9 Å². The standard InChI is InChI=1S/C36H27NO6/c37-30(36(39)43-35-22-20-32(41-35)29-17-13-27(14-18-29)25-9-5-2-6-10-25)23-33(38)42-34-21-19-31(40-34)28-15-11-26(12-16-28)24-7-3-1-4-8-24/h1-22,30H,23,37H2/t30-/m0/s1. The third-order valence-corrected chi connectivity index (χ3v) is 6.82. The molecular formula is C36H27NO6. The Morgan fingerprint density at radius 2 is 0.907 bits per heavy atom. The van der Waals surface area contributed by atoms with Crippen LogP contribution in [0.2, 0.25) is 0 Å². The Kier molecular flexibility index (Phi) is 7.97. The Bertz CT molecular complexity index is 1820. The number of carbonyl (C=O) groups excluding carboxylic acids is 2. The summed E-state index contributed by atoms with van der Waals surface area (Å²) in [6.45, 7) is 0. The average molecular weight is 570 g/mol. The molecule has 6 rings (SSSR count). The highest BCUT2D eigenvalue weighted by Gasteiger charge is 2.23. The number of esters is 2. The number of rotatable bonds is 9. The number of hydrogen-bond acceptors (Lipinski definition) is 7. The molecule has 0 fully saturated rings. The summed E-state index contributed by atoms with van der Waals surface area (Å²) in [7, 11) is 0. The molecule has 7 nitrogen and oxygen atoms in total. The van der Waals surface area contributed by atoms with Gasteiger partial charge in [-0.2, -0.15) is 0 Å². The van der Waals surface area contributed by atoms with Gasteiger partial charge < -0.3 is 24.0 Å². The topological polar surface area (TPSA) is 105 Å². The van der Waals surface area contributed by atoms with Crippen LogP contribution in [0.5, 0.6) is 11.9 Å². The number of ether oxygens (including phenoxy) is 2. The van der Waals surface area contributed by atoms with Crippen LogP contribution in [0.25, 0.3) is 44.9 Å². The number of carbonyl (C=O) groups is 2. The molecule has 0 aliphatic rings. The van der Waals surface area contributed by atoms with Crippen LogP contribution in [0.3, 0.4) is 0 Å². The molecule has 0 saturated heterocycles. The van der Waals surface area contributed by atoms with E-state index in [1.54, 1.807) is 18.2 Å². The van der Waals surface area contributed by atoms with E-state index in [1.165, 1.54) is 6.07 Å². The molecule has 4 aromatic carbocycles. The maximum Gasteiger partial charge on any atom is 0.331 e. The van der Waals surface area contributed by atoms with Gasteiger partial charge in [-0.25, -0.2) is 4.79 Å². The van der Waals surface area contributed by atoms with Crippen molar-refractivity contribution in [3.8, 4) is 56.8 Å². The fourth-order valence-corrected chi connectivity index (χ4v) is 4.57. The predicted molar refractivity (Wildman–Crippen MR) is 163 cm³/mol. The molecule has 0 unspecified atom stereocenters. The van der Waals surface area contributed by atoms with E-state index in [9.17, 15) is 9.59 Å². The van der Waals surface area contributed by atoms with Crippen LogP contribution in [-0.4, -0.2) is 18.0 Å². The smallest absolute Gasteiger partial charge is 0.331 e. The number of hydrogen-bond donors (Lipinski definition) is 1. The van der Waals surface area contributed by atoms with Crippen LogP contribution >= 0.6 is 0 Å². The Balaban J connectivity index is 1.01. The Labute approximate surface area is 248 Å². The highest BCUT2D eigenvalue weighted by atomic mass is 16.6. The van der Waals surface area contributed by atoms with E-state index in [4.69, 9.17) is 24.0 Å². The minimum absolute atomic E-state index is 0.00154. The van der Waals surface area contributed by atoms with Crippen molar-refractivity contribution in [2.24, 2.45) is 5.73 Å². The molecule has 212 valence electrons. The van der Waals surface area contributed by atoms with Crippen molar-refractivity contribution >= 4 is 11.9 Å². The molecule has 0 radical (unpaired) electrons. The van der Waals surface area contributed by atoms with Gasteiger partial charge in [0.15, 0.2) is 0 Å². The molecular weight excluding hydrogens is 542 g/mol. The SMILES string of the molecule is N[C@@H](CC(=O)Oc1ccc(-c2ccc(-c3ccccc3)cc2)o1)C(=O)Oc1ccc(-c2ccc(-c3ccccc3)cc2)o1. The lowest BCUT2D eigenvalue weighted by atomic mass is 10.0. The highest BCUT2D eigenvalue weighted by molar-refractivity contribution is 5.84. The normalized spacial score (nSPS) is 11.6. The zero-order valence-corrected chi connectivity index (χ0v) is 23.0. The zero-order chi connectivity index (χ0) is 29.6. The number of nitrogens with two attached hydrogens (primary N) is 1. The molecule has 43 heavy (non-hydrogen) atoms. The molecule has 0 aliphatic carbocycles. The van der Waals surface area contributed by atoms with Gasteiger partial charge in [-0.1, -0.05) is 109 Å².